The highest BCUT2D eigenvalue weighted by atomic mass is 79.9. The van der Waals surface area contributed by atoms with E-state index < -0.39 is 0 Å². The minimum absolute atomic E-state index is 0.0705. The molecule has 0 radical (unpaired) electrons. The van der Waals surface area contributed by atoms with Crippen molar-refractivity contribution in [1.29, 1.82) is 0 Å². The van der Waals surface area contributed by atoms with Crippen molar-refractivity contribution < 1.29 is 4.74 Å². The summed E-state index contributed by atoms with van der Waals surface area (Å²) in [7, 11) is 0. The average molecular weight is 338 g/mol. The molecule has 100 valence electrons. The van der Waals surface area contributed by atoms with Gasteiger partial charge in [-0.25, -0.2) is 0 Å². The van der Waals surface area contributed by atoms with Crippen LogP contribution in [0.2, 0.25) is 0 Å². The molecule has 2 heterocycles. The normalized spacial score (nSPS) is 17.9. The van der Waals surface area contributed by atoms with Crippen molar-refractivity contribution >= 4 is 27.3 Å². The largest absolute Gasteiger partial charge is 0.492 e. The summed E-state index contributed by atoms with van der Waals surface area (Å²) in [6, 6.07) is 10.4. The topological polar surface area (TPSA) is 35.2 Å². The summed E-state index contributed by atoms with van der Waals surface area (Å²) in [5.74, 6) is 0.994. The van der Waals surface area contributed by atoms with E-state index in [2.05, 4.69) is 48.0 Å². The highest BCUT2D eigenvalue weighted by Gasteiger charge is 2.32. The third-order valence-corrected chi connectivity index (χ3v) is 5.29. The third-order valence-electron chi connectivity index (χ3n) is 3.58. The summed E-state index contributed by atoms with van der Waals surface area (Å²) < 4.78 is 6.83. The molecule has 19 heavy (non-hydrogen) atoms. The van der Waals surface area contributed by atoms with Crippen LogP contribution < -0.4 is 10.5 Å². The SMILES string of the molecule is CC1(C)COc2ccc(C(N)c3ccc(Br)s3)cc21. The lowest BCUT2D eigenvalue weighted by Gasteiger charge is -2.17. The highest BCUT2D eigenvalue weighted by molar-refractivity contribution is 9.11. The van der Waals surface area contributed by atoms with E-state index in [0.29, 0.717) is 0 Å². The summed E-state index contributed by atoms with van der Waals surface area (Å²) >= 11 is 5.17. The molecule has 0 spiro atoms. The Balaban J connectivity index is 1.99. The van der Waals surface area contributed by atoms with E-state index in [-0.39, 0.29) is 11.5 Å². The number of benzene rings is 1. The van der Waals surface area contributed by atoms with E-state index in [1.54, 1.807) is 11.3 Å². The molecule has 0 amide bonds. The molecular weight excluding hydrogens is 322 g/mol. The molecular formula is C15H16BrNOS. The zero-order valence-electron chi connectivity index (χ0n) is 10.9. The molecule has 2 N–H and O–H groups in total. The summed E-state index contributed by atoms with van der Waals surface area (Å²) in [4.78, 5) is 1.17. The van der Waals surface area contributed by atoms with E-state index in [4.69, 9.17) is 10.5 Å². The lowest BCUT2D eigenvalue weighted by atomic mass is 9.85. The van der Waals surface area contributed by atoms with Crippen molar-refractivity contribution in [1.82, 2.24) is 0 Å². The minimum atomic E-state index is -0.0713. The first-order chi connectivity index (χ1) is 8.97. The van der Waals surface area contributed by atoms with Crippen LogP contribution in [0.4, 0.5) is 0 Å². The van der Waals surface area contributed by atoms with Gasteiger partial charge in [-0.05, 0) is 45.8 Å². The predicted octanol–water partition coefficient (Wildman–Crippen LogP) is 4.23. The summed E-state index contributed by atoms with van der Waals surface area (Å²) in [5, 5.41) is 0. The number of thiophene rings is 1. The molecule has 2 aromatic rings. The lowest BCUT2D eigenvalue weighted by molar-refractivity contribution is 0.291. The first-order valence-corrected chi connectivity index (χ1v) is 7.86. The zero-order chi connectivity index (χ0) is 13.6. The molecule has 0 saturated carbocycles. The number of hydrogen-bond acceptors (Lipinski definition) is 3. The van der Waals surface area contributed by atoms with E-state index in [1.807, 2.05) is 12.1 Å². The lowest BCUT2D eigenvalue weighted by Crippen LogP contribution is -2.19. The first-order valence-electron chi connectivity index (χ1n) is 6.25. The van der Waals surface area contributed by atoms with Gasteiger partial charge in [-0.3, -0.25) is 0 Å². The van der Waals surface area contributed by atoms with Crippen LogP contribution in [0.15, 0.2) is 34.1 Å². The smallest absolute Gasteiger partial charge is 0.123 e. The second-order valence-corrected chi connectivity index (χ2v) is 8.04. The van der Waals surface area contributed by atoms with E-state index in [9.17, 15) is 0 Å². The Labute approximate surface area is 125 Å². The number of rotatable bonds is 2. The molecule has 0 fully saturated rings. The number of halogens is 1. The first kappa shape index (κ1) is 13.2. The molecule has 3 rings (SSSR count). The third kappa shape index (κ3) is 2.33. The van der Waals surface area contributed by atoms with Crippen LogP contribution in [-0.2, 0) is 5.41 Å². The Bertz CT molecular complexity index is 620. The standard InChI is InChI=1S/C15H16BrNOS/c1-15(2)8-18-11-4-3-9(7-10(11)15)14(17)12-5-6-13(16)19-12/h3-7,14H,8,17H2,1-2H3. The van der Waals surface area contributed by atoms with Gasteiger partial charge in [-0.15, -0.1) is 11.3 Å². The summed E-state index contributed by atoms with van der Waals surface area (Å²) in [6.45, 7) is 5.15. The van der Waals surface area contributed by atoms with Gasteiger partial charge in [0, 0.05) is 15.9 Å². The van der Waals surface area contributed by atoms with Crippen molar-refractivity contribution in [3.05, 3.63) is 50.1 Å². The molecule has 0 saturated heterocycles. The Morgan fingerprint density at radius 2 is 2.11 bits per heavy atom. The predicted molar refractivity (Wildman–Crippen MR) is 83.0 cm³/mol. The number of nitrogens with two attached hydrogens (primary N) is 1. The van der Waals surface area contributed by atoms with Crippen LogP contribution >= 0.6 is 27.3 Å². The molecule has 0 aliphatic carbocycles. The maximum Gasteiger partial charge on any atom is 0.123 e. The van der Waals surface area contributed by atoms with Crippen LogP contribution in [-0.4, -0.2) is 6.61 Å². The maximum atomic E-state index is 6.36. The van der Waals surface area contributed by atoms with Crippen LogP contribution in [0.1, 0.15) is 35.9 Å². The number of ether oxygens (including phenoxy) is 1. The quantitative estimate of drug-likeness (QED) is 0.889. The van der Waals surface area contributed by atoms with Gasteiger partial charge < -0.3 is 10.5 Å². The van der Waals surface area contributed by atoms with Crippen LogP contribution in [0.3, 0.4) is 0 Å². The molecule has 1 aliphatic rings. The maximum absolute atomic E-state index is 6.36. The van der Waals surface area contributed by atoms with E-state index >= 15 is 0 Å². The molecule has 0 bridgehead atoms. The fourth-order valence-electron chi connectivity index (χ4n) is 2.39. The molecule has 1 atom stereocenters. The van der Waals surface area contributed by atoms with Crippen LogP contribution in [0.5, 0.6) is 5.75 Å². The number of fused-ring (bicyclic) bond motifs is 1. The van der Waals surface area contributed by atoms with Gasteiger partial charge in [0.2, 0.25) is 0 Å². The van der Waals surface area contributed by atoms with Crippen molar-refractivity contribution in [3.8, 4) is 5.75 Å². The number of hydrogen-bond donors (Lipinski definition) is 1. The second kappa shape index (κ2) is 4.62. The van der Waals surface area contributed by atoms with Gasteiger partial charge in [0.05, 0.1) is 16.4 Å². The summed E-state index contributed by atoms with van der Waals surface area (Å²) in [6.07, 6.45) is 0. The molecule has 2 nitrogen and oxygen atoms in total. The van der Waals surface area contributed by atoms with E-state index in [0.717, 1.165) is 21.7 Å². The highest BCUT2D eigenvalue weighted by Crippen LogP contribution is 2.40. The van der Waals surface area contributed by atoms with Crippen LogP contribution in [0, 0.1) is 0 Å². The Morgan fingerprint density at radius 3 is 2.79 bits per heavy atom. The van der Waals surface area contributed by atoms with Gasteiger partial charge >= 0.3 is 0 Å². The average Bonchev–Trinajstić information content (AvgIpc) is 2.93. The van der Waals surface area contributed by atoms with Gasteiger partial charge in [-0.2, -0.15) is 0 Å². The fourth-order valence-corrected chi connectivity index (χ4v) is 3.84. The Kier molecular flexibility index (Phi) is 3.20. The Hall–Kier alpha value is -0.840. The van der Waals surface area contributed by atoms with Gasteiger partial charge in [0.15, 0.2) is 0 Å². The summed E-state index contributed by atoms with van der Waals surface area (Å²) in [5.41, 5.74) is 8.84. The molecule has 1 aromatic carbocycles. The molecule has 4 heteroatoms. The minimum Gasteiger partial charge on any atom is -0.492 e. The monoisotopic (exact) mass is 337 g/mol. The van der Waals surface area contributed by atoms with Gasteiger partial charge in [-0.1, -0.05) is 19.9 Å². The van der Waals surface area contributed by atoms with Gasteiger partial charge in [0.25, 0.3) is 0 Å². The van der Waals surface area contributed by atoms with Crippen molar-refractivity contribution in [2.24, 2.45) is 5.73 Å². The Morgan fingerprint density at radius 1 is 1.32 bits per heavy atom. The van der Waals surface area contributed by atoms with E-state index in [1.165, 1.54) is 10.4 Å². The molecule has 1 unspecified atom stereocenters. The zero-order valence-corrected chi connectivity index (χ0v) is 13.3. The van der Waals surface area contributed by atoms with Crippen molar-refractivity contribution in [2.45, 2.75) is 25.3 Å². The fraction of sp³-hybridized carbons (Fsp3) is 0.333. The van der Waals surface area contributed by atoms with Crippen molar-refractivity contribution in [3.63, 3.8) is 0 Å². The van der Waals surface area contributed by atoms with Crippen LogP contribution in [0.25, 0.3) is 0 Å². The van der Waals surface area contributed by atoms with Crippen molar-refractivity contribution in [2.75, 3.05) is 6.61 Å². The molecule has 1 aromatic heterocycles. The van der Waals surface area contributed by atoms with Gasteiger partial charge in [0.1, 0.15) is 5.75 Å². The second-order valence-electron chi connectivity index (χ2n) is 5.55. The molecule has 1 aliphatic heterocycles.